The molecule has 0 saturated heterocycles. The predicted molar refractivity (Wildman–Crippen MR) is 94.7 cm³/mol. The van der Waals surface area contributed by atoms with Gasteiger partial charge in [0.2, 0.25) is 0 Å². The zero-order valence-electron chi connectivity index (χ0n) is 13.3. The van der Waals surface area contributed by atoms with Crippen molar-refractivity contribution in [2.24, 2.45) is 10.4 Å². The Morgan fingerprint density at radius 3 is 2.14 bits per heavy atom. The van der Waals surface area contributed by atoms with E-state index in [4.69, 9.17) is 4.99 Å². The molecule has 0 bridgehead atoms. The molecule has 0 N–H and O–H groups in total. The third kappa shape index (κ3) is 5.05. The van der Waals surface area contributed by atoms with Gasteiger partial charge in [0.05, 0.1) is 5.69 Å². The van der Waals surface area contributed by atoms with Gasteiger partial charge >= 0.3 is 0 Å². The van der Waals surface area contributed by atoms with E-state index in [0.29, 0.717) is 0 Å². The Balaban J connectivity index is 1.99. The van der Waals surface area contributed by atoms with Gasteiger partial charge in [-0.1, -0.05) is 51.1 Å². The Kier molecular flexibility index (Phi) is 5.24. The molecule has 0 atom stereocenters. The standard InChI is InChI=1S/C19H23NS/c1-15(19(2,3)4)20-17-12-10-16(11-13-17)14-21-18-8-6-5-7-9-18/h5-13H,14H2,1-4H3. The monoisotopic (exact) mass is 297 g/mol. The number of nitrogens with zero attached hydrogens (tertiary/aromatic N) is 1. The summed E-state index contributed by atoms with van der Waals surface area (Å²) in [6.07, 6.45) is 0. The van der Waals surface area contributed by atoms with Crippen LogP contribution < -0.4 is 0 Å². The van der Waals surface area contributed by atoms with Gasteiger partial charge in [-0.25, -0.2) is 0 Å². The van der Waals surface area contributed by atoms with E-state index in [1.165, 1.54) is 10.5 Å². The van der Waals surface area contributed by atoms with E-state index in [1.807, 2.05) is 11.8 Å². The van der Waals surface area contributed by atoms with Crippen molar-refractivity contribution in [3.8, 4) is 0 Å². The molecule has 0 aliphatic carbocycles. The van der Waals surface area contributed by atoms with Crippen LogP contribution in [0.1, 0.15) is 33.3 Å². The number of aliphatic imine (C=N–C) groups is 1. The number of hydrogen-bond acceptors (Lipinski definition) is 2. The molecular weight excluding hydrogens is 274 g/mol. The van der Waals surface area contributed by atoms with Crippen LogP contribution in [0.4, 0.5) is 5.69 Å². The highest BCUT2D eigenvalue weighted by molar-refractivity contribution is 7.98. The van der Waals surface area contributed by atoms with E-state index in [2.05, 4.69) is 82.3 Å². The Hall–Kier alpha value is -1.54. The molecule has 2 rings (SSSR count). The highest BCUT2D eigenvalue weighted by Crippen LogP contribution is 2.25. The highest BCUT2D eigenvalue weighted by Gasteiger charge is 2.13. The number of rotatable bonds is 4. The van der Waals surface area contributed by atoms with Gasteiger partial charge in [0.25, 0.3) is 0 Å². The van der Waals surface area contributed by atoms with E-state index < -0.39 is 0 Å². The summed E-state index contributed by atoms with van der Waals surface area (Å²) in [6, 6.07) is 19.1. The second-order valence-corrected chi connectivity index (χ2v) is 7.26. The summed E-state index contributed by atoms with van der Waals surface area (Å²) in [5.74, 6) is 0.992. The minimum absolute atomic E-state index is 0.127. The average molecular weight is 297 g/mol. The fourth-order valence-electron chi connectivity index (χ4n) is 1.71. The Morgan fingerprint density at radius 1 is 0.952 bits per heavy atom. The molecule has 1 nitrogen and oxygen atoms in total. The molecule has 0 aliphatic rings. The lowest BCUT2D eigenvalue weighted by Gasteiger charge is -2.17. The van der Waals surface area contributed by atoms with Crippen LogP contribution in [0.3, 0.4) is 0 Å². The average Bonchev–Trinajstić information content (AvgIpc) is 2.46. The molecular formula is C19H23NS. The lowest BCUT2D eigenvalue weighted by atomic mass is 9.91. The molecule has 0 fully saturated rings. The van der Waals surface area contributed by atoms with Crippen LogP contribution in [0, 0.1) is 5.41 Å². The van der Waals surface area contributed by atoms with Gasteiger partial charge in [-0.15, -0.1) is 11.8 Å². The maximum absolute atomic E-state index is 4.70. The summed E-state index contributed by atoms with van der Waals surface area (Å²) >= 11 is 1.86. The highest BCUT2D eigenvalue weighted by atomic mass is 32.2. The SMILES string of the molecule is CC(=Nc1ccc(CSc2ccccc2)cc1)C(C)(C)C. The van der Waals surface area contributed by atoms with Crippen LogP contribution in [0.2, 0.25) is 0 Å². The molecule has 110 valence electrons. The van der Waals surface area contributed by atoms with Crippen molar-refractivity contribution < 1.29 is 0 Å². The second-order valence-electron chi connectivity index (χ2n) is 6.22. The number of thioether (sulfide) groups is 1. The first kappa shape index (κ1) is 15.8. The molecule has 0 spiro atoms. The van der Waals surface area contributed by atoms with Gasteiger partial charge in [0, 0.05) is 16.4 Å². The Morgan fingerprint density at radius 2 is 1.57 bits per heavy atom. The molecule has 0 aliphatic heterocycles. The predicted octanol–water partition coefficient (Wildman–Crippen LogP) is 6.12. The van der Waals surface area contributed by atoms with Crippen molar-refractivity contribution in [1.29, 1.82) is 0 Å². The molecule has 2 aromatic carbocycles. The van der Waals surface area contributed by atoms with Crippen LogP contribution in [-0.4, -0.2) is 5.71 Å². The molecule has 0 aromatic heterocycles. The Bertz CT molecular complexity index is 592. The van der Waals surface area contributed by atoms with Crippen LogP contribution in [0.25, 0.3) is 0 Å². The molecule has 0 radical (unpaired) electrons. The topological polar surface area (TPSA) is 12.4 Å². The third-order valence-corrected chi connectivity index (χ3v) is 4.55. The summed E-state index contributed by atoms with van der Waals surface area (Å²) < 4.78 is 0. The van der Waals surface area contributed by atoms with Gasteiger partial charge in [-0.3, -0.25) is 4.99 Å². The van der Waals surface area contributed by atoms with Crippen molar-refractivity contribution in [1.82, 2.24) is 0 Å². The van der Waals surface area contributed by atoms with E-state index in [9.17, 15) is 0 Å². The van der Waals surface area contributed by atoms with Crippen molar-refractivity contribution in [2.45, 2.75) is 38.3 Å². The molecule has 2 heteroatoms. The zero-order chi connectivity index (χ0) is 15.3. The smallest absolute Gasteiger partial charge is 0.0629 e. The van der Waals surface area contributed by atoms with Gasteiger partial charge in [-0.2, -0.15) is 0 Å². The van der Waals surface area contributed by atoms with Crippen molar-refractivity contribution in [2.75, 3.05) is 0 Å². The van der Waals surface area contributed by atoms with Crippen LogP contribution in [-0.2, 0) is 5.75 Å². The van der Waals surface area contributed by atoms with Gasteiger partial charge in [0.1, 0.15) is 0 Å². The molecule has 2 aromatic rings. The zero-order valence-corrected chi connectivity index (χ0v) is 14.1. The van der Waals surface area contributed by atoms with Crippen LogP contribution >= 0.6 is 11.8 Å². The van der Waals surface area contributed by atoms with Gasteiger partial charge in [0.15, 0.2) is 0 Å². The maximum Gasteiger partial charge on any atom is 0.0629 e. The second kappa shape index (κ2) is 6.95. The largest absolute Gasteiger partial charge is 0.258 e. The summed E-state index contributed by atoms with van der Waals surface area (Å²) in [7, 11) is 0. The lowest BCUT2D eigenvalue weighted by Crippen LogP contribution is -2.16. The first-order chi connectivity index (χ1) is 9.95. The number of hydrogen-bond donors (Lipinski definition) is 0. The minimum Gasteiger partial charge on any atom is -0.258 e. The fraction of sp³-hybridized carbons (Fsp3) is 0.316. The van der Waals surface area contributed by atoms with Crippen molar-refractivity contribution >= 4 is 23.2 Å². The maximum atomic E-state index is 4.70. The first-order valence-electron chi connectivity index (χ1n) is 7.28. The minimum atomic E-state index is 0.127. The quantitative estimate of drug-likeness (QED) is 0.489. The molecule has 21 heavy (non-hydrogen) atoms. The van der Waals surface area contributed by atoms with Gasteiger partial charge in [-0.05, 0) is 42.2 Å². The van der Waals surface area contributed by atoms with E-state index >= 15 is 0 Å². The summed E-state index contributed by atoms with van der Waals surface area (Å²) in [5.41, 5.74) is 3.66. The van der Waals surface area contributed by atoms with Crippen LogP contribution in [0.15, 0.2) is 64.5 Å². The van der Waals surface area contributed by atoms with Gasteiger partial charge < -0.3 is 0 Å². The van der Waals surface area contributed by atoms with Crippen molar-refractivity contribution in [3.63, 3.8) is 0 Å². The fourth-order valence-corrected chi connectivity index (χ4v) is 2.59. The van der Waals surface area contributed by atoms with E-state index in [-0.39, 0.29) is 5.41 Å². The summed E-state index contributed by atoms with van der Waals surface area (Å²) in [4.78, 5) is 6.01. The normalized spacial score (nSPS) is 12.5. The molecule has 0 heterocycles. The lowest BCUT2D eigenvalue weighted by molar-refractivity contribution is 0.588. The number of benzene rings is 2. The Labute approximate surface area is 132 Å². The van der Waals surface area contributed by atoms with E-state index in [0.717, 1.165) is 17.2 Å². The molecule has 0 unspecified atom stereocenters. The summed E-state index contributed by atoms with van der Waals surface area (Å²) in [6.45, 7) is 8.67. The summed E-state index contributed by atoms with van der Waals surface area (Å²) in [5, 5.41) is 0. The first-order valence-corrected chi connectivity index (χ1v) is 8.26. The molecule has 0 amide bonds. The van der Waals surface area contributed by atoms with E-state index in [1.54, 1.807) is 0 Å². The van der Waals surface area contributed by atoms with Crippen LogP contribution in [0.5, 0.6) is 0 Å². The third-order valence-electron chi connectivity index (χ3n) is 3.47. The molecule has 0 saturated carbocycles. The van der Waals surface area contributed by atoms with Crippen molar-refractivity contribution in [3.05, 3.63) is 60.2 Å².